The number of hydrogen-bond donors (Lipinski definition) is 2. The number of rotatable bonds is 6. The third-order valence-electron chi connectivity index (χ3n) is 4.81. The summed E-state index contributed by atoms with van der Waals surface area (Å²) in [6.45, 7) is 5.61. The van der Waals surface area contributed by atoms with Crippen molar-refractivity contribution in [3.63, 3.8) is 0 Å². The average molecular weight is 495 g/mol. The Hall–Kier alpha value is -2.03. The van der Waals surface area contributed by atoms with Crippen LogP contribution in [0.2, 0.25) is 0 Å². The topological polar surface area (TPSA) is 61.8 Å². The molecule has 0 unspecified atom stereocenters. The zero-order valence-corrected chi connectivity index (χ0v) is 19.2. The standard InChI is InChI=1S/C21H29N5O.HI/c1-16-6-8-18(19(12-16)27-3)15-25-21(22-2)24-14-17-7-9-20(23-13-17)26-10-4-5-11-26;/h6-9,12-13H,4-5,10-11,14-15H2,1-3H3,(H2,22,24,25);1H. The highest BCUT2D eigenvalue weighted by Crippen LogP contribution is 2.20. The van der Waals surface area contributed by atoms with Crippen molar-refractivity contribution < 1.29 is 4.74 Å². The Kier molecular flexibility index (Phi) is 8.82. The van der Waals surface area contributed by atoms with Crippen LogP contribution in [0, 0.1) is 6.92 Å². The van der Waals surface area contributed by atoms with Crippen LogP contribution in [0.3, 0.4) is 0 Å². The summed E-state index contributed by atoms with van der Waals surface area (Å²) in [5, 5.41) is 6.67. The Morgan fingerprint density at radius 1 is 1.14 bits per heavy atom. The summed E-state index contributed by atoms with van der Waals surface area (Å²) < 4.78 is 5.46. The lowest BCUT2D eigenvalue weighted by molar-refractivity contribution is 0.408. The molecule has 1 fully saturated rings. The smallest absolute Gasteiger partial charge is 0.191 e. The number of halogens is 1. The van der Waals surface area contributed by atoms with Gasteiger partial charge in [-0.1, -0.05) is 18.2 Å². The first-order valence-electron chi connectivity index (χ1n) is 9.47. The van der Waals surface area contributed by atoms with Gasteiger partial charge < -0.3 is 20.3 Å². The van der Waals surface area contributed by atoms with Crippen LogP contribution in [0.5, 0.6) is 5.75 Å². The normalized spacial score (nSPS) is 13.8. The van der Waals surface area contributed by atoms with Crippen LogP contribution in [0.15, 0.2) is 41.5 Å². The third kappa shape index (κ3) is 5.98. The maximum absolute atomic E-state index is 5.46. The van der Waals surface area contributed by atoms with Crippen LogP contribution in [-0.4, -0.2) is 38.2 Å². The summed E-state index contributed by atoms with van der Waals surface area (Å²) in [6, 6.07) is 10.4. The number of ether oxygens (including phenoxy) is 1. The number of nitrogens with one attached hydrogen (secondary N) is 2. The first kappa shape index (κ1) is 22.3. The molecule has 0 saturated carbocycles. The molecule has 2 N–H and O–H groups in total. The predicted molar refractivity (Wildman–Crippen MR) is 126 cm³/mol. The molecule has 152 valence electrons. The van der Waals surface area contributed by atoms with Crippen LogP contribution in [-0.2, 0) is 13.1 Å². The number of benzene rings is 1. The zero-order valence-electron chi connectivity index (χ0n) is 16.9. The maximum Gasteiger partial charge on any atom is 0.191 e. The highest BCUT2D eigenvalue weighted by molar-refractivity contribution is 14.0. The summed E-state index contributed by atoms with van der Waals surface area (Å²) in [7, 11) is 3.47. The minimum absolute atomic E-state index is 0. The van der Waals surface area contributed by atoms with E-state index in [0.29, 0.717) is 13.1 Å². The van der Waals surface area contributed by atoms with Crippen molar-refractivity contribution in [2.24, 2.45) is 4.99 Å². The zero-order chi connectivity index (χ0) is 19.1. The van der Waals surface area contributed by atoms with Gasteiger partial charge in [0.15, 0.2) is 5.96 Å². The lowest BCUT2D eigenvalue weighted by atomic mass is 10.1. The minimum atomic E-state index is 0. The van der Waals surface area contributed by atoms with E-state index < -0.39 is 0 Å². The molecule has 6 nitrogen and oxygen atoms in total. The van der Waals surface area contributed by atoms with Gasteiger partial charge in [-0.25, -0.2) is 4.98 Å². The molecule has 1 aromatic heterocycles. The van der Waals surface area contributed by atoms with Gasteiger partial charge in [-0.2, -0.15) is 0 Å². The Morgan fingerprint density at radius 3 is 2.54 bits per heavy atom. The first-order valence-corrected chi connectivity index (χ1v) is 9.47. The molecule has 1 aliphatic rings. The van der Waals surface area contributed by atoms with Crippen molar-refractivity contribution >= 4 is 35.8 Å². The summed E-state index contributed by atoms with van der Waals surface area (Å²) in [5.74, 6) is 2.71. The fourth-order valence-corrected chi connectivity index (χ4v) is 3.24. The number of anilines is 1. The second-order valence-electron chi connectivity index (χ2n) is 6.81. The van der Waals surface area contributed by atoms with Gasteiger partial charge in [0.1, 0.15) is 11.6 Å². The Bertz CT molecular complexity index is 773. The van der Waals surface area contributed by atoms with Gasteiger partial charge >= 0.3 is 0 Å². The molecule has 1 aliphatic heterocycles. The van der Waals surface area contributed by atoms with Gasteiger partial charge in [-0.15, -0.1) is 24.0 Å². The molecule has 0 radical (unpaired) electrons. The van der Waals surface area contributed by atoms with E-state index in [-0.39, 0.29) is 24.0 Å². The van der Waals surface area contributed by atoms with E-state index in [9.17, 15) is 0 Å². The molecule has 0 atom stereocenters. The van der Waals surface area contributed by atoms with Crippen LogP contribution in [0.4, 0.5) is 5.82 Å². The molecule has 0 amide bonds. The predicted octanol–water partition coefficient (Wildman–Crippen LogP) is 3.48. The van der Waals surface area contributed by atoms with E-state index in [1.54, 1.807) is 14.2 Å². The molecule has 3 rings (SSSR count). The summed E-state index contributed by atoms with van der Waals surface area (Å²) in [5.41, 5.74) is 3.42. The summed E-state index contributed by atoms with van der Waals surface area (Å²) in [4.78, 5) is 11.2. The van der Waals surface area contributed by atoms with Gasteiger partial charge in [0.2, 0.25) is 0 Å². The monoisotopic (exact) mass is 495 g/mol. The van der Waals surface area contributed by atoms with E-state index in [2.05, 4.69) is 56.7 Å². The fourth-order valence-electron chi connectivity index (χ4n) is 3.24. The second kappa shape index (κ2) is 11.1. The van der Waals surface area contributed by atoms with Crippen molar-refractivity contribution in [2.45, 2.75) is 32.9 Å². The van der Waals surface area contributed by atoms with Crippen molar-refractivity contribution in [3.8, 4) is 5.75 Å². The third-order valence-corrected chi connectivity index (χ3v) is 4.81. The molecule has 28 heavy (non-hydrogen) atoms. The Balaban J connectivity index is 0.00000280. The molecule has 7 heteroatoms. The highest BCUT2D eigenvalue weighted by Gasteiger charge is 2.13. The number of hydrogen-bond acceptors (Lipinski definition) is 4. The highest BCUT2D eigenvalue weighted by atomic mass is 127. The van der Waals surface area contributed by atoms with Crippen molar-refractivity contribution in [1.82, 2.24) is 15.6 Å². The number of pyridine rings is 1. The first-order chi connectivity index (χ1) is 13.2. The summed E-state index contributed by atoms with van der Waals surface area (Å²) in [6.07, 6.45) is 4.47. The van der Waals surface area contributed by atoms with E-state index in [1.165, 1.54) is 18.4 Å². The van der Waals surface area contributed by atoms with Crippen LogP contribution >= 0.6 is 24.0 Å². The minimum Gasteiger partial charge on any atom is -0.496 e. The second-order valence-corrected chi connectivity index (χ2v) is 6.81. The molecule has 0 aliphatic carbocycles. The quantitative estimate of drug-likeness (QED) is 0.365. The number of aromatic nitrogens is 1. The van der Waals surface area contributed by atoms with E-state index in [1.807, 2.05) is 12.3 Å². The number of aryl methyl sites for hydroxylation is 1. The van der Waals surface area contributed by atoms with Crippen LogP contribution in [0.1, 0.15) is 29.5 Å². The summed E-state index contributed by atoms with van der Waals surface area (Å²) >= 11 is 0. The molecule has 2 aromatic rings. The molecule has 1 saturated heterocycles. The van der Waals surface area contributed by atoms with Crippen molar-refractivity contribution in [3.05, 3.63) is 53.2 Å². The van der Waals surface area contributed by atoms with E-state index in [0.717, 1.165) is 41.7 Å². The van der Waals surface area contributed by atoms with Crippen LogP contribution in [0.25, 0.3) is 0 Å². The maximum atomic E-state index is 5.46. The SMILES string of the molecule is CN=C(NCc1ccc(N2CCCC2)nc1)NCc1ccc(C)cc1OC.I. The van der Waals surface area contributed by atoms with Gasteiger partial charge in [0, 0.05) is 45.0 Å². The lowest BCUT2D eigenvalue weighted by Gasteiger charge is -2.17. The van der Waals surface area contributed by atoms with Gasteiger partial charge in [-0.3, -0.25) is 4.99 Å². The van der Waals surface area contributed by atoms with Crippen molar-refractivity contribution in [1.29, 1.82) is 0 Å². The fraction of sp³-hybridized carbons (Fsp3) is 0.429. The van der Waals surface area contributed by atoms with Gasteiger partial charge in [0.25, 0.3) is 0 Å². The molecular formula is C21H30IN5O. The molecular weight excluding hydrogens is 465 g/mol. The lowest BCUT2D eigenvalue weighted by Crippen LogP contribution is -2.36. The largest absolute Gasteiger partial charge is 0.496 e. The number of aliphatic imine (C=N–C) groups is 1. The Morgan fingerprint density at radius 2 is 1.89 bits per heavy atom. The van der Waals surface area contributed by atoms with Gasteiger partial charge in [0.05, 0.1) is 7.11 Å². The van der Waals surface area contributed by atoms with Crippen LogP contribution < -0.4 is 20.3 Å². The van der Waals surface area contributed by atoms with Crippen molar-refractivity contribution in [2.75, 3.05) is 32.1 Å². The average Bonchev–Trinajstić information content (AvgIpc) is 3.24. The molecule has 2 heterocycles. The number of methoxy groups -OCH3 is 1. The Labute approximate surface area is 184 Å². The van der Waals surface area contributed by atoms with Gasteiger partial charge in [-0.05, 0) is 43.0 Å². The van der Waals surface area contributed by atoms with E-state index in [4.69, 9.17) is 4.74 Å². The molecule has 0 bridgehead atoms. The number of nitrogens with zero attached hydrogens (tertiary/aromatic N) is 3. The molecule has 0 spiro atoms. The van der Waals surface area contributed by atoms with E-state index >= 15 is 0 Å². The molecule has 1 aromatic carbocycles. The number of guanidine groups is 1.